The van der Waals surface area contributed by atoms with Gasteiger partial charge in [-0.2, -0.15) is 8.42 Å². The zero-order valence-electron chi connectivity index (χ0n) is 17.0. The quantitative estimate of drug-likeness (QED) is 0.293. The van der Waals surface area contributed by atoms with Crippen LogP contribution in [0.2, 0.25) is 0 Å². The Morgan fingerprint density at radius 1 is 1.21 bits per heavy atom. The molecule has 2 N–H and O–H groups in total. The van der Waals surface area contributed by atoms with E-state index < -0.39 is 44.6 Å². The van der Waals surface area contributed by atoms with Crippen LogP contribution >= 0.6 is 11.8 Å². The molecule has 2 aliphatic rings. The van der Waals surface area contributed by atoms with Crippen LogP contribution in [-0.2, 0) is 26.3 Å². The Hall–Kier alpha value is -3.22. The number of β-lactam (4-membered cyclic amide) rings is 1. The van der Waals surface area contributed by atoms with Crippen molar-refractivity contribution in [2.24, 2.45) is 0 Å². The van der Waals surface area contributed by atoms with E-state index in [9.17, 15) is 32.5 Å². The molecule has 1 aromatic heterocycles. The van der Waals surface area contributed by atoms with Crippen LogP contribution in [0.1, 0.15) is 21.2 Å². The van der Waals surface area contributed by atoms with Gasteiger partial charge in [0.25, 0.3) is 16.0 Å². The highest BCUT2D eigenvalue weighted by Crippen LogP contribution is 2.36. The van der Waals surface area contributed by atoms with Crippen LogP contribution in [-0.4, -0.2) is 52.8 Å². The van der Waals surface area contributed by atoms with Gasteiger partial charge in [-0.3, -0.25) is 14.1 Å². The third kappa shape index (κ3) is 4.77. The smallest absolute Gasteiger partial charge is 0.281 e. The van der Waals surface area contributed by atoms with Gasteiger partial charge < -0.3 is 20.1 Å². The van der Waals surface area contributed by atoms with Gasteiger partial charge in [0.1, 0.15) is 11.4 Å². The number of nitrogens with zero attached hydrogens (tertiary/aromatic N) is 2. The Bertz CT molecular complexity index is 1230. The zero-order valence-corrected chi connectivity index (χ0v) is 18.7. The fourth-order valence-electron chi connectivity index (χ4n) is 3.69. The van der Waals surface area contributed by atoms with Crippen LogP contribution < -0.4 is 15.0 Å². The van der Waals surface area contributed by atoms with Crippen LogP contribution in [0.5, 0.6) is 0 Å². The summed E-state index contributed by atoms with van der Waals surface area (Å²) in [5.41, 5.74) is 1.07. The first-order valence-electron chi connectivity index (χ1n) is 9.80. The molecular weight excluding hydrogens is 470 g/mol. The minimum absolute atomic E-state index is 0.0634. The summed E-state index contributed by atoms with van der Waals surface area (Å²) in [6.07, 6.45) is 4.88. The van der Waals surface area contributed by atoms with Gasteiger partial charge in [-0.05, 0) is 5.56 Å². The lowest BCUT2D eigenvalue weighted by Gasteiger charge is -2.47. The van der Waals surface area contributed by atoms with Gasteiger partial charge in [0.05, 0.1) is 5.97 Å². The molecule has 2 aliphatic heterocycles. The molecular formula is C21H19N3O7S2. The fourth-order valence-corrected chi connectivity index (χ4v) is 5.79. The topological polar surface area (TPSA) is 148 Å². The van der Waals surface area contributed by atoms with Crippen molar-refractivity contribution in [1.29, 1.82) is 0 Å². The van der Waals surface area contributed by atoms with E-state index in [2.05, 4.69) is 5.32 Å². The predicted molar refractivity (Wildman–Crippen MR) is 115 cm³/mol. The van der Waals surface area contributed by atoms with Crippen molar-refractivity contribution >= 4 is 39.7 Å². The number of thioether (sulfide) groups is 1. The number of fused-ring (bicyclic) bond motifs is 1. The fraction of sp³-hybridized carbons (Fsp3) is 0.238. The maximum Gasteiger partial charge on any atom is 0.281 e. The van der Waals surface area contributed by atoms with Crippen molar-refractivity contribution in [1.82, 2.24) is 10.2 Å². The maximum absolute atomic E-state index is 12.7. The van der Waals surface area contributed by atoms with E-state index in [0.717, 1.165) is 5.57 Å². The molecule has 10 nitrogen and oxygen atoms in total. The number of pyridine rings is 1. The molecule has 3 heterocycles. The lowest BCUT2D eigenvalue weighted by Crippen LogP contribution is -2.69. The highest BCUT2D eigenvalue weighted by atomic mass is 32.2. The summed E-state index contributed by atoms with van der Waals surface area (Å²) in [5.74, 6) is -2.07. The molecule has 0 saturated carbocycles. The minimum Gasteiger partial charge on any atom is -0.545 e. The molecule has 33 heavy (non-hydrogen) atoms. The predicted octanol–water partition coefficient (Wildman–Crippen LogP) is -0.749. The summed E-state index contributed by atoms with van der Waals surface area (Å²) in [5, 5.41) is 11.1. The van der Waals surface area contributed by atoms with E-state index in [-0.39, 0.29) is 11.1 Å². The number of benzene rings is 1. The van der Waals surface area contributed by atoms with E-state index in [1.807, 2.05) is 0 Å². The molecule has 0 radical (unpaired) electrons. The van der Waals surface area contributed by atoms with Gasteiger partial charge in [-0.15, -0.1) is 11.8 Å². The number of aromatic carboxylic acids is 1. The second-order valence-electron chi connectivity index (χ2n) is 7.57. The second kappa shape index (κ2) is 8.96. The third-order valence-electron chi connectivity index (χ3n) is 5.29. The number of aromatic nitrogens is 1. The second-order valence-corrected chi connectivity index (χ2v) is 10.2. The zero-order chi connectivity index (χ0) is 23.8. The SMILES string of the molecule is O=C([O-])c1cc[n+](CC2=CN3C(=O)C(NC(=O)C(c4ccccc4)S(=O)(=O)O)[C@@H]3SC2)cc1. The Labute approximate surface area is 193 Å². The van der Waals surface area contributed by atoms with Crippen molar-refractivity contribution < 1.29 is 37.0 Å². The van der Waals surface area contributed by atoms with Crippen LogP contribution in [0.4, 0.5) is 0 Å². The average molecular weight is 490 g/mol. The molecule has 2 aromatic rings. The minimum atomic E-state index is -4.74. The van der Waals surface area contributed by atoms with Crippen LogP contribution in [0.15, 0.2) is 66.6 Å². The normalized spacial score (nSPS) is 20.8. The highest BCUT2D eigenvalue weighted by molar-refractivity contribution is 8.00. The first kappa shape index (κ1) is 23.0. The Morgan fingerprint density at radius 3 is 2.48 bits per heavy atom. The largest absolute Gasteiger partial charge is 0.545 e. The molecule has 1 fully saturated rings. The summed E-state index contributed by atoms with van der Waals surface area (Å²) in [6, 6.07) is 9.50. The third-order valence-corrected chi connectivity index (χ3v) is 7.75. The van der Waals surface area contributed by atoms with E-state index in [4.69, 9.17) is 0 Å². The molecule has 2 unspecified atom stereocenters. The number of carbonyl (C=O) groups is 3. The van der Waals surface area contributed by atoms with Crippen LogP contribution in [0.3, 0.4) is 0 Å². The number of hydrogen-bond donors (Lipinski definition) is 2. The summed E-state index contributed by atoms with van der Waals surface area (Å²) in [6.45, 7) is 0.437. The van der Waals surface area contributed by atoms with Crippen molar-refractivity contribution in [3.63, 3.8) is 0 Å². The monoisotopic (exact) mass is 489 g/mol. The first-order chi connectivity index (χ1) is 15.6. The lowest BCUT2D eigenvalue weighted by atomic mass is 10.1. The summed E-state index contributed by atoms with van der Waals surface area (Å²) >= 11 is 1.41. The lowest BCUT2D eigenvalue weighted by molar-refractivity contribution is -0.689. The molecule has 0 spiro atoms. The number of rotatable bonds is 7. The van der Waals surface area contributed by atoms with Crippen molar-refractivity contribution in [3.8, 4) is 0 Å². The van der Waals surface area contributed by atoms with Gasteiger partial charge in [-0.25, -0.2) is 4.57 Å². The number of carbonyl (C=O) groups excluding carboxylic acids is 3. The van der Waals surface area contributed by atoms with E-state index in [1.165, 1.54) is 40.9 Å². The standard InChI is InChI=1S/C21H19N3O7S2/c25-18(17(33(29,30)31)14-4-2-1-3-5-14)22-16-19(26)24-11-13(12-32-20(16)24)10-23-8-6-15(7-9-23)21(27)28/h1-9,11,16-17,20H,10,12H2,(H2-,22,25,27,28,29,30,31)/t16?,17?,20-/m0/s1. The summed E-state index contributed by atoms with van der Waals surface area (Å²) in [7, 11) is -4.74. The molecule has 12 heteroatoms. The molecule has 2 amide bonds. The molecule has 0 aliphatic carbocycles. The van der Waals surface area contributed by atoms with Crippen LogP contribution in [0, 0.1) is 0 Å². The van der Waals surface area contributed by atoms with Gasteiger partial charge in [-0.1, -0.05) is 30.3 Å². The van der Waals surface area contributed by atoms with E-state index >= 15 is 0 Å². The Kier molecular flexibility index (Phi) is 6.23. The Balaban J connectivity index is 1.43. The van der Waals surface area contributed by atoms with E-state index in [0.29, 0.717) is 12.3 Å². The maximum atomic E-state index is 12.7. The number of hydrogen-bond acceptors (Lipinski definition) is 7. The van der Waals surface area contributed by atoms with Gasteiger partial charge in [0, 0.05) is 35.2 Å². The van der Waals surface area contributed by atoms with Crippen molar-refractivity contribution in [2.45, 2.75) is 23.2 Å². The molecule has 1 saturated heterocycles. The first-order valence-corrected chi connectivity index (χ1v) is 12.4. The number of carboxylic acid groups (broad SMARTS) is 1. The molecule has 0 bridgehead atoms. The molecule has 172 valence electrons. The Morgan fingerprint density at radius 2 is 1.88 bits per heavy atom. The van der Waals surface area contributed by atoms with E-state index in [1.54, 1.807) is 41.4 Å². The highest BCUT2D eigenvalue weighted by Gasteiger charge is 2.50. The molecule has 1 aromatic carbocycles. The summed E-state index contributed by atoms with van der Waals surface area (Å²) < 4.78 is 35.0. The number of amides is 2. The molecule has 4 rings (SSSR count). The number of nitrogens with one attached hydrogen (secondary N) is 1. The van der Waals surface area contributed by atoms with Crippen molar-refractivity contribution in [3.05, 3.63) is 77.8 Å². The van der Waals surface area contributed by atoms with Crippen molar-refractivity contribution in [2.75, 3.05) is 5.75 Å². The van der Waals surface area contributed by atoms with Gasteiger partial charge in [0.2, 0.25) is 5.91 Å². The summed E-state index contributed by atoms with van der Waals surface area (Å²) in [4.78, 5) is 37.6. The van der Waals surface area contributed by atoms with Gasteiger partial charge >= 0.3 is 0 Å². The number of carboxylic acids is 1. The van der Waals surface area contributed by atoms with Gasteiger partial charge in [0.15, 0.2) is 24.2 Å². The van der Waals surface area contributed by atoms with Crippen LogP contribution in [0.25, 0.3) is 0 Å². The average Bonchev–Trinajstić information content (AvgIpc) is 2.77. The molecule has 3 atom stereocenters.